The zero-order chi connectivity index (χ0) is 27.8. The molecular formula is C28H31N3O8. The highest BCUT2D eigenvalue weighted by atomic mass is 16.6. The first-order valence-electron chi connectivity index (χ1n) is 12.6. The number of benzene rings is 2. The molecule has 1 aliphatic heterocycles. The molecule has 0 aliphatic carbocycles. The third-order valence-corrected chi connectivity index (χ3v) is 6.48. The van der Waals surface area contributed by atoms with Crippen molar-refractivity contribution in [2.75, 3.05) is 39.9 Å². The first-order valence-corrected chi connectivity index (χ1v) is 12.6. The van der Waals surface area contributed by atoms with Gasteiger partial charge >= 0.3 is 11.7 Å². The smallest absolute Gasteiger partial charge is 0.410 e. The number of methoxy groups -OCH3 is 1. The van der Waals surface area contributed by atoms with Crippen LogP contribution in [0.3, 0.4) is 0 Å². The van der Waals surface area contributed by atoms with Crippen LogP contribution in [0.5, 0.6) is 5.75 Å². The molecule has 2 N–H and O–H groups in total. The molecule has 11 heteroatoms. The summed E-state index contributed by atoms with van der Waals surface area (Å²) in [5.74, 6) is -0.489. The molecule has 11 nitrogen and oxygen atoms in total. The Labute approximate surface area is 224 Å². The van der Waals surface area contributed by atoms with Gasteiger partial charge in [-0.2, -0.15) is 0 Å². The van der Waals surface area contributed by atoms with Crippen LogP contribution in [-0.4, -0.2) is 78.8 Å². The summed E-state index contributed by atoms with van der Waals surface area (Å²) in [5, 5.41) is 13.0. The van der Waals surface area contributed by atoms with E-state index < -0.39 is 36.2 Å². The monoisotopic (exact) mass is 537 g/mol. The maximum absolute atomic E-state index is 13.1. The molecule has 2 heterocycles. The number of aliphatic hydroxyl groups is 1. The van der Waals surface area contributed by atoms with Crippen LogP contribution in [0.25, 0.3) is 11.0 Å². The van der Waals surface area contributed by atoms with Gasteiger partial charge in [0.05, 0.1) is 20.1 Å². The van der Waals surface area contributed by atoms with Crippen molar-refractivity contribution in [2.24, 2.45) is 0 Å². The summed E-state index contributed by atoms with van der Waals surface area (Å²) >= 11 is 0. The lowest BCUT2D eigenvalue weighted by Gasteiger charge is -2.26. The molecule has 2 aromatic carbocycles. The molecule has 3 amide bonds. The summed E-state index contributed by atoms with van der Waals surface area (Å²) in [5.41, 5.74) is 0.952. The van der Waals surface area contributed by atoms with Gasteiger partial charge in [-0.1, -0.05) is 30.3 Å². The zero-order valence-electron chi connectivity index (χ0n) is 21.6. The minimum atomic E-state index is -1.17. The van der Waals surface area contributed by atoms with E-state index in [1.165, 1.54) is 18.1 Å². The number of rotatable bonds is 8. The quantitative estimate of drug-likeness (QED) is 0.414. The fourth-order valence-electron chi connectivity index (χ4n) is 4.44. The average molecular weight is 538 g/mol. The minimum absolute atomic E-state index is 0.156. The van der Waals surface area contributed by atoms with E-state index in [2.05, 4.69) is 5.32 Å². The maximum Gasteiger partial charge on any atom is 0.410 e. The van der Waals surface area contributed by atoms with Gasteiger partial charge in [0.1, 0.15) is 24.0 Å². The first-order chi connectivity index (χ1) is 18.9. The number of carbonyl (C=O) groups excluding carboxylic acids is 3. The molecule has 1 aliphatic rings. The van der Waals surface area contributed by atoms with E-state index >= 15 is 0 Å². The Hall–Kier alpha value is -4.38. The van der Waals surface area contributed by atoms with Crippen molar-refractivity contribution in [3.8, 4) is 5.75 Å². The molecule has 0 saturated carbocycles. The summed E-state index contributed by atoms with van der Waals surface area (Å²) in [6, 6.07) is 14.3. The average Bonchev–Trinajstić information content (AvgIpc) is 3.21. The molecule has 0 bridgehead atoms. The normalized spacial score (nSPS) is 14.4. The van der Waals surface area contributed by atoms with Crippen molar-refractivity contribution in [2.45, 2.75) is 25.5 Å². The van der Waals surface area contributed by atoms with Gasteiger partial charge in [0, 0.05) is 43.7 Å². The summed E-state index contributed by atoms with van der Waals surface area (Å²) < 4.78 is 15.8. The number of carbonyl (C=O) groups is 3. The molecule has 3 aromatic rings. The Morgan fingerprint density at radius 1 is 1.03 bits per heavy atom. The van der Waals surface area contributed by atoms with E-state index in [1.807, 2.05) is 30.3 Å². The van der Waals surface area contributed by atoms with Crippen molar-refractivity contribution >= 4 is 28.9 Å². The van der Waals surface area contributed by atoms with E-state index in [1.54, 1.807) is 23.1 Å². The van der Waals surface area contributed by atoms with Gasteiger partial charge in [-0.05, 0) is 29.7 Å². The van der Waals surface area contributed by atoms with Crippen LogP contribution in [0.15, 0.2) is 63.8 Å². The number of hydrogen-bond donors (Lipinski definition) is 2. The van der Waals surface area contributed by atoms with Crippen LogP contribution in [0, 0.1) is 0 Å². The van der Waals surface area contributed by atoms with E-state index in [0.29, 0.717) is 36.2 Å². The van der Waals surface area contributed by atoms with Gasteiger partial charge in [0.15, 0.2) is 0 Å². The third kappa shape index (κ3) is 7.14. The van der Waals surface area contributed by atoms with Crippen molar-refractivity contribution in [3.63, 3.8) is 0 Å². The molecule has 1 aromatic heterocycles. The van der Waals surface area contributed by atoms with Gasteiger partial charge in [-0.15, -0.1) is 0 Å². The van der Waals surface area contributed by atoms with Crippen molar-refractivity contribution < 1.29 is 33.4 Å². The second-order valence-electron chi connectivity index (χ2n) is 9.14. The zero-order valence-corrected chi connectivity index (χ0v) is 21.6. The highest BCUT2D eigenvalue weighted by molar-refractivity contribution is 5.91. The van der Waals surface area contributed by atoms with Crippen LogP contribution in [-0.2, 0) is 27.4 Å². The molecule has 1 atom stereocenters. The predicted octanol–water partition coefficient (Wildman–Crippen LogP) is 1.69. The highest BCUT2D eigenvalue weighted by Gasteiger charge is 2.29. The van der Waals surface area contributed by atoms with Gasteiger partial charge in [-0.3, -0.25) is 9.59 Å². The molecule has 206 valence electrons. The Kier molecular flexibility index (Phi) is 9.16. The Balaban J connectivity index is 1.34. The van der Waals surface area contributed by atoms with Crippen LogP contribution in [0.2, 0.25) is 0 Å². The van der Waals surface area contributed by atoms with Gasteiger partial charge < -0.3 is 34.1 Å². The Morgan fingerprint density at radius 2 is 1.77 bits per heavy atom. The molecule has 0 radical (unpaired) electrons. The maximum atomic E-state index is 13.1. The molecule has 1 saturated heterocycles. The number of ether oxygens (including phenoxy) is 2. The molecule has 4 rings (SSSR count). The SMILES string of the molecule is COc1ccc2c(CC(=O)N[C@@H](CO)C(=O)N3CCCN(C(=O)OCc4ccccc4)CC3)cc(=O)oc2c1. The lowest BCUT2D eigenvalue weighted by Crippen LogP contribution is -2.51. The van der Waals surface area contributed by atoms with E-state index in [-0.39, 0.29) is 31.7 Å². The van der Waals surface area contributed by atoms with Gasteiger partial charge in [0.2, 0.25) is 11.8 Å². The number of amides is 3. The molecule has 39 heavy (non-hydrogen) atoms. The van der Waals surface area contributed by atoms with Crippen LogP contribution in [0.1, 0.15) is 17.5 Å². The number of fused-ring (bicyclic) bond motifs is 1. The van der Waals surface area contributed by atoms with Crippen molar-refractivity contribution in [1.82, 2.24) is 15.1 Å². The lowest BCUT2D eigenvalue weighted by atomic mass is 10.1. The molecule has 0 unspecified atom stereocenters. The van der Waals surface area contributed by atoms with Crippen molar-refractivity contribution in [1.29, 1.82) is 0 Å². The second kappa shape index (κ2) is 12.9. The van der Waals surface area contributed by atoms with Crippen LogP contribution < -0.4 is 15.7 Å². The van der Waals surface area contributed by atoms with E-state index in [9.17, 15) is 24.3 Å². The van der Waals surface area contributed by atoms with E-state index in [0.717, 1.165) is 5.56 Å². The van der Waals surface area contributed by atoms with Gasteiger partial charge in [-0.25, -0.2) is 9.59 Å². The van der Waals surface area contributed by atoms with Crippen LogP contribution in [0.4, 0.5) is 4.79 Å². The Morgan fingerprint density at radius 3 is 2.51 bits per heavy atom. The summed E-state index contributed by atoms with van der Waals surface area (Å²) in [6.07, 6.45) is -0.135. The second-order valence-corrected chi connectivity index (χ2v) is 9.14. The van der Waals surface area contributed by atoms with Crippen molar-refractivity contribution in [3.05, 3.63) is 76.1 Å². The number of nitrogens with zero attached hydrogens (tertiary/aromatic N) is 2. The third-order valence-electron chi connectivity index (χ3n) is 6.48. The highest BCUT2D eigenvalue weighted by Crippen LogP contribution is 2.23. The first kappa shape index (κ1) is 27.6. The summed E-state index contributed by atoms with van der Waals surface area (Å²) in [6.45, 7) is 0.836. The lowest BCUT2D eigenvalue weighted by molar-refractivity contribution is -0.137. The number of aliphatic hydroxyl groups excluding tert-OH is 1. The predicted molar refractivity (Wildman–Crippen MR) is 141 cm³/mol. The summed E-state index contributed by atoms with van der Waals surface area (Å²) in [4.78, 5) is 53.6. The molecule has 0 spiro atoms. The molecular weight excluding hydrogens is 506 g/mol. The Bertz CT molecular complexity index is 1370. The number of hydrogen-bond acceptors (Lipinski definition) is 8. The van der Waals surface area contributed by atoms with Gasteiger partial charge in [0.25, 0.3) is 0 Å². The van der Waals surface area contributed by atoms with E-state index in [4.69, 9.17) is 13.9 Å². The summed E-state index contributed by atoms with van der Waals surface area (Å²) in [7, 11) is 1.49. The fraction of sp³-hybridized carbons (Fsp3) is 0.357. The number of nitrogens with one attached hydrogen (secondary N) is 1. The molecule has 1 fully saturated rings. The van der Waals surface area contributed by atoms with Crippen LogP contribution >= 0.6 is 0 Å². The topological polar surface area (TPSA) is 139 Å². The fourth-order valence-corrected chi connectivity index (χ4v) is 4.44. The minimum Gasteiger partial charge on any atom is -0.497 e. The standard InChI is InChI=1S/C28H31N3O8/c1-37-21-8-9-22-20(15-26(34)39-24(22)16-21)14-25(33)29-23(17-32)27(35)30-10-5-11-31(13-12-30)28(36)38-18-19-6-3-2-4-7-19/h2-4,6-9,15-16,23,32H,5,10-14,17-18H2,1H3,(H,29,33)/t23-/m0/s1. The largest absolute Gasteiger partial charge is 0.497 e.